The van der Waals surface area contributed by atoms with Gasteiger partial charge in [-0.15, -0.1) is 12.4 Å². The van der Waals surface area contributed by atoms with Gasteiger partial charge in [0.2, 0.25) is 5.91 Å². The van der Waals surface area contributed by atoms with Gasteiger partial charge in [-0.05, 0) is 12.0 Å². The van der Waals surface area contributed by atoms with Gasteiger partial charge in [-0.3, -0.25) is 4.79 Å². The fourth-order valence-corrected chi connectivity index (χ4v) is 2.72. The molecule has 2 N–H and O–H groups in total. The quantitative estimate of drug-likeness (QED) is 0.734. The summed E-state index contributed by atoms with van der Waals surface area (Å²) in [6.45, 7) is 3.49. The Labute approximate surface area is 144 Å². The Morgan fingerprint density at radius 1 is 1.35 bits per heavy atom. The fourth-order valence-electron chi connectivity index (χ4n) is 2.72. The highest BCUT2D eigenvalue weighted by molar-refractivity contribution is 5.85. The molecule has 0 spiro atoms. The highest BCUT2D eigenvalue weighted by Gasteiger charge is 2.27. The molecule has 130 valence electrons. The Hall–Kier alpha value is -1.14. The van der Waals surface area contributed by atoms with Gasteiger partial charge in [0.25, 0.3) is 0 Å². The van der Waals surface area contributed by atoms with Crippen molar-refractivity contribution < 1.29 is 14.3 Å². The molecule has 2 atom stereocenters. The van der Waals surface area contributed by atoms with Gasteiger partial charge in [0.1, 0.15) is 0 Å². The maximum absolute atomic E-state index is 12.3. The van der Waals surface area contributed by atoms with Crippen molar-refractivity contribution in [1.29, 1.82) is 0 Å². The van der Waals surface area contributed by atoms with Crippen molar-refractivity contribution in [1.82, 2.24) is 4.90 Å². The Bertz CT molecular complexity index is 458. The monoisotopic (exact) mass is 342 g/mol. The van der Waals surface area contributed by atoms with E-state index >= 15 is 0 Å². The second-order valence-corrected chi connectivity index (χ2v) is 5.78. The molecule has 1 aliphatic rings. The summed E-state index contributed by atoms with van der Waals surface area (Å²) in [5.41, 5.74) is 7.13. The first-order chi connectivity index (χ1) is 10.7. The summed E-state index contributed by atoms with van der Waals surface area (Å²) in [5, 5.41) is 0. The molecule has 1 fully saturated rings. The van der Waals surface area contributed by atoms with Crippen LogP contribution in [0.1, 0.15) is 24.4 Å². The number of likely N-dealkylation sites (tertiary alicyclic amines) is 1. The number of rotatable bonds is 8. The topological polar surface area (TPSA) is 64.8 Å². The molecule has 1 heterocycles. The van der Waals surface area contributed by atoms with E-state index in [0.29, 0.717) is 32.2 Å². The first kappa shape index (κ1) is 19.9. The summed E-state index contributed by atoms with van der Waals surface area (Å²) >= 11 is 0. The van der Waals surface area contributed by atoms with E-state index < -0.39 is 0 Å². The summed E-state index contributed by atoms with van der Waals surface area (Å²) < 4.78 is 10.5. The number of amides is 1. The van der Waals surface area contributed by atoms with Crippen LogP contribution in [0.4, 0.5) is 0 Å². The number of nitrogens with zero attached hydrogens (tertiary/aromatic N) is 1. The molecule has 23 heavy (non-hydrogen) atoms. The second-order valence-electron chi connectivity index (χ2n) is 5.78. The zero-order valence-corrected chi connectivity index (χ0v) is 14.5. The van der Waals surface area contributed by atoms with Crippen LogP contribution >= 0.6 is 12.4 Å². The van der Waals surface area contributed by atoms with Crippen LogP contribution in [0.2, 0.25) is 0 Å². The maximum atomic E-state index is 12.3. The van der Waals surface area contributed by atoms with Crippen LogP contribution in [-0.4, -0.2) is 50.8 Å². The molecule has 1 saturated heterocycles. The predicted molar refractivity (Wildman–Crippen MR) is 92.6 cm³/mol. The van der Waals surface area contributed by atoms with E-state index in [-0.39, 0.29) is 24.4 Å². The highest BCUT2D eigenvalue weighted by atomic mass is 35.5. The number of ether oxygens (including phenoxy) is 2. The van der Waals surface area contributed by atoms with E-state index in [1.54, 1.807) is 7.11 Å². The van der Waals surface area contributed by atoms with Crippen LogP contribution in [0.15, 0.2) is 30.3 Å². The van der Waals surface area contributed by atoms with Crippen molar-refractivity contribution >= 4 is 18.3 Å². The molecule has 2 rings (SSSR count). The van der Waals surface area contributed by atoms with Crippen molar-refractivity contribution in [2.75, 3.05) is 40.0 Å². The largest absolute Gasteiger partial charge is 0.382 e. The van der Waals surface area contributed by atoms with E-state index in [0.717, 1.165) is 25.1 Å². The Balaban J connectivity index is 0.00000264. The minimum Gasteiger partial charge on any atom is -0.382 e. The van der Waals surface area contributed by atoms with Gasteiger partial charge in [0.15, 0.2) is 0 Å². The number of methoxy groups -OCH3 is 1. The molecule has 0 aromatic heterocycles. The molecule has 1 aromatic carbocycles. The highest BCUT2D eigenvalue weighted by Crippen LogP contribution is 2.20. The molecular formula is C17H27ClN2O3. The Kier molecular flexibility index (Phi) is 9.17. The summed E-state index contributed by atoms with van der Waals surface area (Å²) in [6.07, 6.45) is 1.36. The number of hydrogen-bond donors (Lipinski definition) is 1. The predicted octanol–water partition coefficient (Wildman–Crippen LogP) is 2.01. The lowest BCUT2D eigenvalue weighted by atomic mass is 10.0. The molecule has 6 heteroatoms. The third-order valence-electron chi connectivity index (χ3n) is 4.05. The van der Waals surface area contributed by atoms with Gasteiger partial charge in [-0.25, -0.2) is 0 Å². The van der Waals surface area contributed by atoms with Gasteiger partial charge in [-0.2, -0.15) is 0 Å². The summed E-state index contributed by atoms with van der Waals surface area (Å²) in [4.78, 5) is 14.2. The van der Waals surface area contributed by atoms with Crippen LogP contribution in [0.5, 0.6) is 0 Å². The number of carbonyl (C=O) groups is 1. The van der Waals surface area contributed by atoms with Crippen molar-refractivity contribution in [3.05, 3.63) is 35.9 Å². The van der Waals surface area contributed by atoms with E-state index in [2.05, 4.69) is 0 Å². The number of nitrogens with two attached hydrogens (primary N) is 1. The lowest BCUT2D eigenvalue weighted by Gasteiger charge is -2.19. The average Bonchev–Trinajstić information content (AvgIpc) is 3.01. The third-order valence-corrected chi connectivity index (χ3v) is 4.05. The minimum atomic E-state index is -0.231. The van der Waals surface area contributed by atoms with Crippen molar-refractivity contribution in [3.63, 3.8) is 0 Å². The number of benzene rings is 1. The number of carbonyl (C=O) groups excluding carboxylic acids is 1. The van der Waals surface area contributed by atoms with Crippen LogP contribution in [0.3, 0.4) is 0 Å². The van der Waals surface area contributed by atoms with Gasteiger partial charge in [0.05, 0.1) is 19.8 Å². The molecule has 1 amide bonds. The van der Waals surface area contributed by atoms with E-state index in [1.807, 2.05) is 35.2 Å². The first-order valence-corrected chi connectivity index (χ1v) is 7.85. The van der Waals surface area contributed by atoms with Gasteiger partial charge in [-0.1, -0.05) is 30.3 Å². The van der Waals surface area contributed by atoms with Crippen molar-refractivity contribution in [2.45, 2.75) is 18.9 Å². The smallest absolute Gasteiger partial charge is 0.224 e. The van der Waals surface area contributed by atoms with Gasteiger partial charge < -0.3 is 20.1 Å². The summed E-state index contributed by atoms with van der Waals surface area (Å²) in [7, 11) is 1.66. The zero-order chi connectivity index (χ0) is 15.8. The molecule has 0 radical (unpaired) electrons. The fraction of sp³-hybridized carbons (Fsp3) is 0.588. The molecule has 0 saturated carbocycles. The summed E-state index contributed by atoms with van der Waals surface area (Å²) in [5.74, 6) is 0.560. The molecule has 2 unspecified atom stereocenters. The van der Waals surface area contributed by atoms with Gasteiger partial charge >= 0.3 is 0 Å². The molecule has 0 bridgehead atoms. The second kappa shape index (κ2) is 10.6. The first-order valence-electron chi connectivity index (χ1n) is 7.85. The number of hydrogen-bond acceptors (Lipinski definition) is 4. The lowest BCUT2D eigenvalue weighted by Crippen LogP contribution is -2.32. The maximum Gasteiger partial charge on any atom is 0.224 e. The third kappa shape index (κ3) is 6.47. The molecule has 5 nitrogen and oxygen atoms in total. The summed E-state index contributed by atoms with van der Waals surface area (Å²) in [6, 6.07) is 9.55. The molecule has 1 aromatic rings. The average molecular weight is 343 g/mol. The van der Waals surface area contributed by atoms with Crippen LogP contribution < -0.4 is 5.73 Å². The molecule has 0 aliphatic carbocycles. The van der Waals surface area contributed by atoms with Gasteiger partial charge in [0, 0.05) is 38.6 Å². The zero-order valence-electron chi connectivity index (χ0n) is 13.6. The van der Waals surface area contributed by atoms with E-state index in [9.17, 15) is 4.79 Å². The van der Waals surface area contributed by atoms with Crippen LogP contribution in [0.25, 0.3) is 0 Å². The minimum absolute atomic E-state index is 0. The lowest BCUT2D eigenvalue weighted by molar-refractivity contribution is -0.130. The SMILES string of the molecule is COCCOCC1CCN(C(=O)CC(N)c2ccccc2)C1.Cl. The van der Waals surface area contributed by atoms with Crippen LogP contribution in [0, 0.1) is 5.92 Å². The van der Waals surface area contributed by atoms with E-state index in [1.165, 1.54) is 0 Å². The normalized spacial score (nSPS) is 18.5. The molecular weight excluding hydrogens is 316 g/mol. The standard InChI is InChI=1S/C17H26N2O3.ClH/c1-21-9-10-22-13-14-7-8-19(12-14)17(20)11-16(18)15-5-3-2-4-6-15;/h2-6,14,16H,7-13,18H2,1H3;1H. The van der Waals surface area contributed by atoms with Crippen molar-refractivity contribution in [3.8, 4) is 0 Å². The van der Waals surface area contributed by atoms with Crippen LogP contribution in [-0.2, 0) is 14.3 Å². The van der Waals surface area contributed by atoms with E-state index in [4.69, 9.17) is 15.2 Å². The van der Waals surface area contributed by atoms with Crippen molar-refractivity contribution in [2.24, 2.45) is 11.7 Å². The Morgan fingerprint density at radius 3 is 2.78 bits per heavy atom. The number of halogens is 1. The molecule has 1 aliphatic heterocycles. The Morgan fingerprint density at radius 2 is 2.09 bits per heavy atom.